The Bertz CT molecular complexity index is 2580. The number of aryl methyl sites for hydroxylation is 2. The topological polar surface area (TPSA) is 140 Å². The van der Waals surface area contributed by atoms with Crippen LogP contribution in [0.3, 0.4) is 0 Å². The lowest BCUT2D eigenvalue weighted by Gasteiger charge is -2.21. The lowest BCUT2D eigenvalue weighted by molar-refractivity contribution is 0.00580. The van der Waals surface area contributed by atoms with E-state index in [1.807, 2.05) is 113 Å². The minimum absolute atomic E-state index is 0.00356. The molecule has 0 bridgehead atoms. The van der Waals surface area contributed by atoms with Gasteiger partial charge in [-0.3, -0.25) is 9.59 Å². The largest absolute Gasteiger partial charge is 0.508 e. The summed E-state index contributed by atoms with van der Waals surface area (Å²) in [4.78, 5) is 51.8. The van der Waals surface area contributed by atoms with Gasteiger partial charge in [-0.1, -0.05) is 101 Å². The van der Waals surface area contributed by atoms with Crippen LogP contribution in [0.5, 0.6) is 11.5 Å². The van der Waals surface area contributed by atoms with E-state index < -0.39 is 29.0 Å². The SMILES string of the molecule is Cc1ccc(O)cc1C(=O)Nc1cc(-c2ccccc2)ccc1C(=O)OC(C)(C)C.Cc1ccc(OCCBr)cc1C(=O)Nc1cc(-c2ccccc2)ccc1C(=O)OC(C)(C)C. The molecular formula is C52H53BrN2O8. The molecule has 0 aliphatic heterocycles. The third-order valence-corrected chi connectivity index (χ3v) is 9.58. The van der Waals surface area contributed by atoms with Crippen molar-refractivity contribution in [3.63, 3.8) is 0 Å². The predicted molar refractivity (Wildman–Crippen MR) is 253 cm³/mol. The number of amides is 2. The normalized spacial score (nSPS) is 11.1. The minimum Gasteiger partial charge on any atom is -0.508 e. The number of nitrogens with one attached hydrogen (secondary N) is 2. The second-order valence-electron chi connectivity index (χ2n) is 16.7. The van der Waals surface area contributed by atoms with Crippen molar-refractivity contribution >= 4 is 51.1 Å². The van der Waals surface area contributed by atoms with E-state index in [9.17, 15) is 24.3 Å². The fourth-order valence-corrected chi connectivity index (χ4v) is 6.43. The quantitative estimate of drug-likeness (QED) is 0.0862. The van der Waals surface area contributed by atoms with E-state index in [-0.39, 0.29) is 17.2 Å². The number of phenolic OH excluding ortho intramolecular Hbond substituents is 1. The Morgan fingerprint density at radius 1 is 0.524 bits per heavy atom. The van der Waals surface area contributed by atoms with Crippen molar-refractivity contribution in [2.75, 3.05) is 22.6 Å². The van der Waals surface area contributed by atoms with Gasteiger partial charge in [-0.2, -0.15) is 0 Å². The number of hydrogen-bond donors (Lipinski definition) is 3. The summed E-state index contributed by atoms with van der Waals surface area (Å²) in [6.07, 6.45) is 0. The second-order valence-corrected chi connectivity index (χ2v) is 17.5. The minimum atomic E-state index is -0.668. The number of carbonyl (C=O) groups excluding carboxylic acids is 4. The van der Waals surface area contributed by atoms with Gasteiger partial charge in [0, 0.05) is 16.5 Å². The van der Waals surface area contributed by atoms with Gasteiger partial charge < -0.3 is 30.0 Å². The van der Waals surface area contributed by atoms with Crippen LogP contribution in [-0.2, 0) is 9.47 Å². The third kappa shape index (κ3) is 13.6. The number of ether oxygens (including phenoxy) is 3. The number of benzene rings is 6. The molecule has 0 aliphatic rings. The maximum atomic E-state index is 13.2. The zero-order valence-electron chi connectivity index (χ0n) is 36.8. The van der Waals surface area contributed by atoms with E-state index in [2.05, 4.69) is 26.6 Å². The Morgan fingerprint density at radius 2 is 0.952 bits per heavy atom. The summed E-state index contributed by atoms with van der Waals surface area (Å²) in [6, 6.07) is 40.0. The van der Waals surface area contributed by atoms with Gasteiger partial charge in [-0.25, -0.2) is 9.59 Å². The molecule has 0 aliphatic carbocycles. The van der Waals surface area contributed by atoms with Crippen molar-refractivity contribution in [3.05, 3.63) is 167 Å². The van der Waals surface area contributed by atoms with E-state index in [4.69, 9.17) is 14.2 Å². The lowest BCUT2D eigenvalue weighted by Crippen LogP contribution is -2.25. The van der Waals surface area contributed by atoms with Crippen molar-refractivity contribution < 1.29 is 38.5 Å². The number of alkyl halides is 1. The predicted octanol–water partition coefficient (Wildman–Crippen LogP) is 12.2. The van der Waals surface area contributed by atoms with Crippen molar-refractivity contribution in [2.45, 2.75) is 66.6 Å². The van der Waals surface area contributed by atoms with Crippen LogP contribution in [0.2, 0.25) is 0 Å². The summed E-state index contributed by atoms with van der Waals surface area (Å²) in [5.74, 6) is -1.16. The first-order valence-electron chi connectivity index (χ1n) is 20.4. The van der Waals surface area contributed by atoms with Crippen molar-refractivity contribution in [2.24, 2.45) is 0 Å². The van der Waals surface area contributed by atoms with E-state index >= 15 is 0 Å². The molecule has 6 rings (SSSR count). The molecule has 0 spiro atoms. The van der Waals surface area contributed by atoms with E-state index in [0.29, 0.717) is 51.3 Å². The molecule has 0 saturated heterocycles. The molecule has 0 radical (unpaired) electrons. The molecule has 0 fully saturated rings. The summed E-state index contributed by atoms with van der Waals surface area (Å²) in [6.45, 7) is 14.9. The van der Waals surface area contributed by atoms with Crippen LogP contribution in [0, 0.1) is 13.8 Å². The van der Waals surface area contributed by atoms with Crippen LogP contribution in [0.25, 0.3) is 22.3 Å². The summed E-state index contributed by atoms with van der Waals surface area (Å²) in [5.41, 5.74) is 5.94. The zero-order valence-corrected chi connectivity index (χ0v) is 38.4. The first kappa shape index (κ1) is 47.3. The molecule has 0 aromatic heterocycles. The highest BCUT2D eigenvalue weighted by atomic mass is 79.9. The van der Waals surface area contributed by atoms with Crippen LogP contribution in [0.15, 0.2) is 133 Å². The maximum absolute atomic E-state index is 13.2. The maximum Gasteiger partial charge on any atom is 0.340 e. The van der Waals surface area contributed by atoms with Crippen molar-refractivity contribution in [3.8, 4) is 33.8 Å². The van der Waals surface area contributed by atoms with Crippen LogP contribution >= 0.6 is 15.9 Å². The molecule has 2 amide bonds. The standard InChI is InChI=1S/C27H28BrNO4.C25H25NO4/c1-18-10-12-21(32-15-14-28)17-23(18)25(30)29-24-16-20(19-8-6-5-7-9-19)11-13-22(24)26(31)33-27(2,3)4;1-16-10-12-19(27)15-21(16)23(28)26-22-14-18(17-8-6-5-7-9-17)11-13-20(22)24(29)30-25(2,3)4/h5-13,16-17H,14-15H2,1-4H3,(H,29,30);5-15,27H,1-4H3,(H,26,28). The monoisotopic (exact) mass is 912 g/mol. The van der Waals surface area contributed by atoms with E-state index in [1.165, 1.54) is 12.1 Å². The number of carbonyl (C=O) groups is 4. The van der Waals surface area contributed by atoms with Gasteiger partial charge in [0.15, 0.2) is 0 Å². The Morgan fingerprint density at radius 3 is 1.38 bits per heavy atom. The van der Waals surface area contributed by atoms with Gasteiger partial charge in [-0.15, -0.1) is 0 Å². The number of phenols is 1. The molecule has 0 saturated carbocycles. The summed E-state index contributed by atoms with van der Waals surface area (Å²) < 4.78 is 16.7. The summed E-state index contributed by atoms with van der Waals surface area (Å²) >= 11 is 3.33. The zero-order chi connectivity index (χ0) is 45.9. The van der Waals surface area contributed by atoms with Crippen LogP contribution in [-0.4, -0.2) is 52.0 Å². The van der Waals surface area contributed by atoms with Gasteiger partial charge in [0.2, 0.25) is 0 Å². The average Bonchev–Trinajstić information content (AvgIpc) is 3.23. The third-order valence-electron chi connectivity index (χ3n) is 9.25. The fourth-order valence-electron chi connectivity index (χ4n) is 6.26. The number of hydrogen-bond acceptors (Lipinski definition) is 8. The van der Waals surface area contributed by atoms with Gasteiger partial charge in [0.05, 0.1) is 29.1 Å². The number of halogens is 1. The van der Waals surface area contributed by atoms with E-state index in [0.717, 1.165) is 27.8 Å². The van der Waals surface area contributed by atoms with Crippen LogP contribution in [0.4, 0.5) is 11.4 Å². The molecule has 0 heterocycles. The second kappa shape index (κ2) is 20.9. The highest BCUT2D eigenvalue weighted by molar-refractivity contribution is 9.09. The summed E-state index contributed by atoms with van der Waals surface area (Å²) in [5, 5.41) is 16.2. The lowest BCUT2D eigenvalue weighted by atomic mass is 10.0. The molecule has 10 nitrogen and oxygen atoms in total. The summed E-state index contributed by atoms with van der Waals surface area (Å²) in [7, 11) is 0. The highest BCUT2D eigenvalue weighted by Crippen LogP contribution is 2.31. The first-order valence-corrected chi connectivity index (χ1v) is 21.5. The van der Waals surface area contributed by atoms with Gasteiger partial charge >= 0.3 is 11.9 Å². The first-order chi connectivity index (χ1) is 29.8. The number of esters is 2. The number of aromatic hydroxyl groups is 1. The van der Waals surface area contributed by atoms with Crippen LogP contribution < -0.4 is 15.4 Å². The highest BCUT2D eigenvalue weighted by Gasteiger charge is 2.24. The number of rotatable bonds is 11. The van der Waals surface area contributed by atoms with Gasteiger partial charge in [0.1, 0.15) is 22.7 Å². The molecule has 6 aromatic rings. The molecular weight excluding hydrogens is 860 g/mol. The average molecular weight is 914 g/mol. The Balaban J connectivity index is 0.000000239. The molecule has 6 aromatic carbocycles. The molecule has 0 unspecified atom stereocenters. The van der Waals surface area contributed by atoms with Gasteiger partial charge in [-0.05, 0) is 137 Å². The fraction of sp³-hybridized carbons (Fsp3) is 0.231. The molecule has 11 heteroatoms. The Labute approximate surface area is 377 Å². The molecule has 0 atom stereocenters. The molecule has 3 N–H and O–H groups in total. The van der Waals surface area contributed by atoms with Gasteiger partial charge in [0.25, 0.3) is 11.8 Å². The molecule has 63 heavy (non-hydrogen) atoms. The number of anilines is 2. The van der Waals surface area contributed by atoms with E-state index in [1.54, 1.807) is 64.1 Å². The van der Waals surface area contributed by atoms with Crippen molar-refractivity contribution in [1.82, 2.24) is 0 Å². The van der Waals surface area contributed by atoms with Crippen LogP contribution in [0.1, 0.15) is 94.1 Å². The molecule has 326 valence electrons. The smallest absolute Gasteiger partial charge is 0.340 e. The Hall–Kier alpha value is -6.72. The Kier molecular flexibility index (Phi) is 15.7. The van der Waals surface area contributed by atoms with Crippen molar-refractivity contribution in [1.29, 1.82) is 0 Å².